The van der Waals surface area contributed by atoms with Gasteiger partial charge in [0.05, 0.1) is 60.4 Å². The van der Waals surface area contributed by atoms with Gasteiger partial charge in [0, 0.05) is 18.2 Å². The first-order valence-electron chi connectivity index (χ1n) is 11.8. The summed E-state index contributed by atoms with van der Waals surface area (Å²) in [6.45, 7) is 0.336. The first-order valence-corrected chi connectivity index (χ1v) is 11.8. The summed E-state index contributed by atoms with van der Waals surface area (Å²) in [7, 11) is 1.50. The van der Waals surface area contributed by atoms with E-state index in [1.54, 1.807) is 6.07 Å². The maximum absolute atomic E-state index is 15.1. The fourth-order valence-corrected chi connectivity index (χ4v) is 5.05. The quantitative estimate of drug-likeness (QED) is 0.303. The van der Waals surface area contributed by atoms with Crippen LogP contribution in [-0.4, -0.2) is 52.8 Å². The number of hydrogen-bond acceptors (Lipinski definition) is 7. The number of para-hydroxylation sites is 1. The second-order valence-corrected chi connectivity index (χ2v) is 9.25. The van der Waals surface area contributed by atoms with Gasteiger partial charge in [-0.15, -0.1) is 0 Å². The molecule has 0 radical (unpaired) electrons. The number of H-pyrrole nitrogens is 1. The molecule has 0 spiro atoms. The van der Waals surface area contributed by atoms with E-state index in [1.807, 2.05) is 0 Å². The number of rotatable bonds is 8. The van der Waals surface area contributed by atoms with Crippen LogP contribution in [0.3, 0.4) is 0 Å². The topological polar surface area (TPSA) is 106 Å². The van der Waals surface area contributed by atoms with E-state index in [9.17, 15) is 14.3 Å². The predicted octanol–water partition coefficient (Wildman–Crippen LogP) is 4.43. The standard InChI is InChI=1S/C27H23F2N3O5/c1-35-21-11-31-26-23(24(21)32-27-9-17(27)22(12-33)36-13-27)16(10-30-26)25(34)15-7-6-14(8-19(15)29)37-20-5-3-2-4-18(20)28/h2-8,10-11,17,22,33H,9,12-13H2,1H3,(H2,30,31,32)/t17?,22-,27+/m1/s1. The fraction of sp³-hybridized carbons (Fsp3) is 0.259. The number of ketones is 1. The summed E-state index contributed by atoms with van der Waals surface area (Å²) in [6.07, 6.45) is 3.58. The highest BCUT2D eigenvalue weighted by molar-refractivity contribution is 6.19. The van der Waals surface area contributed by atoms with Gasteiger partial charge in [0.25, 0.3) is 0 Å². The van der Waals surface area contributed by atoms with Gasteiger partial charge < -0.3 is 29.6 Å². The average Bonchev–Trinajstić information content (AvgIpc) is 3.26. The Morgan fingerprint density at radius 2 is 2.05 bits per heavy atom. The summed E-state index contributed by atoms with van der Waals surface area (Å²) >= 11 is 0. The van der Waals surface area contributed by atoms with E-state index in [0.717, 1.165) is 12.5 Å². The van der Waals surface area contributed by atoms with Crippen LogP contribution < -0.4 is 14.8 Å². The van der Waals surface area contributed by atoms with Crippen molar-refractivity contribution in [3.05, 3.63) is 77.6 Å². The number of nitrogens with one attached hydrogen (secondary N) is 2. The monoisotopic (exact) mass is 507 g/mol. The predicted molar refractivity (Wildman–Crippen MR) is 130 cm³/mol. The molecular weight excluding hydrogens is 484 g/mol. The van der Waals surface area contributed by atoms with Crippen LogP contribution in [0.1, 0.15) is 22.3 Å². The van der Waals surface area contributed by atoms with E-state index in [0.29, 0.717) is 29.1 Å². The number of hydrogen-bond donors (Lipinski definition) is 3. The summed E-state index contributed by atoms with van der Waals surface area (Å²) in [6, 6.07) is 9.54. The first-order chi connectivity index (χ1) is 17.9. The van der Waals surface area contributed by atoms with Crippen molar-refractivity contribution < 1.29 is 32.9 Å². The zero-order valence-corrected chi connectivity index (χ0v) is 19.8. The molecule has 0 amide bonds. The number of pyridine rings is 1. The zero-order valence-electron chi connectivity index (χ0n) is 19.8. The molecule has 3 heterocycles. The van der Waals surface area contributed by atoms with Crippen LogP contribution in [0.4, 0.5) is 14.5 Å². The van der Waals surface area contributed by atoms with Crippen LogP contribution in [0.5, 0.6) is 17.2 Å². The van der Waals surface area contributed by atoms with Crippen molar-refractivity contribution in [3.63, 3.8) is 0 Å². The van der Waals surface area contributed by atoms with Gasteiger partial charge in [-0.3, -0.25) is 4.79 Å². The number of benzene rings is 2. The Morgan fingerprint density at radius 3 is 2.76 bits per heavy atom. The molecule has 3 atom stereocenters. The molecule has 1 unspecified atom stereocenters. The smallest absolute Gasteiger partial charge is 0.198 e. The lowest BCUT2D eigenvalue weighted by atomic mass is 10.0. The van der Waals surface area contributed by atoms with Crippen molar-refractivity contribution in [2.45, 2.75) is 18.1 Å². The highest BCUT2D eigenvalue weighted by Crippen LogP contribution is 2.55. The maximum Gasteiger partial charge on any atom is 0.198 e. The minimum atomic E-state index is -0.811. The molecule has 8 nitrogen and oxygen atoms in total. The molecule has 10 heteroatoms. The van der Waals surface area contributed by atoms with Gasteiger partial charge in [-0.1, -0.05) is 12.1 Å². The van der Waals surface area contributed by atoms with Crippen LogP contribution in [0.15, 0.2) is 54.9 Å². The van der Waals surface area contributed by atoms with Crippen LogP contribution in [0.2, 0.25) is 0 Å². The Bertz CT molecular complexity index is 1520. The number of aromatic nitrogens is 2. The van der Waals surface area contributed by atoms with E-state index in [2.05, 4.69) is 15.3 Å². The van der Waals surface area contributed by atoms with Crippen LogP contribution in [-0.2, 0) is 4.74 Å². The Labute approximate surface area is 210 Å². The molecular formula is C27H23F2N3O5. The van der Waals surface area contributed by atoms with E-state index in [4.69, 9.17) is 14.2 Å². The molecule has 1 aliphatic carbocycles. The van der Waals surface area contributed by atoms with E-state index < -0.39 is 17.4 Å². The van der Waals surface area contributed by atoms with Crippen molar-refractivity contribution in [2.24, 2.45) is 5.92 Å². The van der Waals surface area contributed by atoms with E-state index in [-0.39, 0.29) is 46.8 Å². The van der Waals surface area contributed by atoms with Crippen molar-refractivity contribution in [3.8, 4) is 17.2 Å². The normalized spacial score (nSPS) is 22.1. The number of aromatic amines is 1. The summed E-state index contributed by atoms with van der Waals surface area (Å²) in [4.78, 5) is 20.9. The minimum absolute atomic E-state index is 0.0522. The average molecular weight is 507 g/mol. The largest absolute Gasteiger partial charge is 0.493 e. The van der Waals surface area contributed by atoms with Gasteiger partial charge in [-0.25, -0.2) is 13.8 Å². The summed E-state index contributed by atoms with van der Waals surface area (Å²) in [5.74, 6) is -1.41. The lowest BCUT2D eigenvalue weighted by Crippen LogP contribution is -2.26. The number of methoxy groups -OCH3 is 1. The molecule has 1 aliphatic heterocycles. The molecule has 2 fully saturated rings. The first kappa shape index (κ1) is 23.4. The Morgan fingerprint density at radius 1 is 1.22 bits per heavy atom. The number of nitrogens with zero attached hydrogens (tertiary/aromatic N) is 1. The molecule has 6 rings (SSSR count). The number of anilines is 1. The summed E-state index contributed by atoms with van der Waals surface area (Å²) in [5.41, 5.74) is 0.614. The Balaban J connectivity index is 1.35. The third kappa shape index (κ3) is 3.89. The molecule has 37 heavy (non-hydrogen) atoms. The number of fused-ring (bicyclic) bond motifs is 2. The molecule has 3 N–H and O–H groups in total. The summed E-state index contributed by atoms with van der Waals surface area (Å²) < 4.78 is 45.7. The van der Waals surface area contributed by atoms with Crippen LogP contribution in [0, 0.1) is 17.6 Å². The van der Waals surface area contributed by atoms with Gasteiger partial charge in [-0.2, -0.15) is 0 Å². The second-order valence-electron chi connectivity index (χ2n) is 9.25. The van der Waals surface area contributed by atoms with Gasteiger partial charge >= 0.3 is 0 Å². The number of halogens is 2. The maximum atomic E-state index is 15.1. The lowest BCUT2D eigenvalue weighted by molar-refractivity contribution is 0.0337. The van der Waals surface area contributed by atoms with Crippen molar-refractivity contribution >= 4 is 22.5 Å². The van der Waals surface area contributed by atoms with Crippen molar-refractivity contribution in [2.75, 3.05) is 25.6 Å². The van der Waals surface area contributed by atoms with Crippen molar-refractivity contribution in [1.82, 2.24) is 9.97 Å². The highest BCUT2D eigenvalue weighted by Gasteiger charge is 2.63. The molecule has 2 aromatic heterocycles. The molecule has 0 bridgehead atoms. The lowest BCUT2D eigenvalue weighted by Gasteiger charge is -2.19. The molecule has 1 saturated carbocycles. The number of aliphatic hydroxyl groups is 1. The minimum Gasteiger partial charge on any atom is -0.493 e. The molecule has 2 aromatic carbocycles. The fourth-order valence-electron chi connectivity index (χ4n) is 5.05. The van der Waals surface area contributed by atoms with Gasteiger partial charge in [0.1, 0.15) is 17.2 Å². The highest BCUT2D eigenvalue weighted by atomic mass is 19.1. The van der Waals surface area contributed by atoms with Gasteiger partial charge in [-0.05, 0) is 30.7 Å². The van der Waals surface area contributed by atoms with Crippen LogP contribution >= 0.6 is 0 Å². The number of carbonyl (C=O) groups excluding carboxylic acids is 1. The Kier molecular flexibility index (Phi) is 5.58. The number of carbonyl (C=O) groups is 1. The van der Waals surface area contributed by atoms with Crippen molar-refractivity contribution in [1.29, 1.82) is 0 Å². The summed E-state index contributed by atoms with van der Waals surface area (Å²) in [5, 5.41) is 13.5. The van der Waals surface area contributed by atoms with E-state index in [1.165, 1.54) is 49.8 Å². The van der Waals surface area contributed by atoms with E-state index >= 15 is 4.39 Å². The molecule has 1 saturated heterocycles. The molecule has 4 aromatic rings. The number of ether oxygens (including phenoxy) is 3. The number of aliphatic hydroxyl groups excluding tert-OH is 1. The van der Waals surface area contributed by atoms with Gasteiger partial charge in [0.15, 0.2) is 23.1 Å². The SMILES string of the molecule is COc1cnc2[nH]cc(C(=O)c3ccc(Oc4ccccc4F)cc3F)c2c1N[C@@]12CO[C@H](CO)C1C2. The third-order valence-electron chi connectivity index (χ3n) is 7.07. The van der Waals surface area contributed by atoms with Gasteiger partial charge in [0.2, 0.25) is 0 Å². The molecule has 2 aliphatic rings. The zero-order chi connectivity index (χ0) is 25.7. The Hall–Kier alpha value is -4.02. The van der Waals surface area contributed by atoms with Crippen LogP contribution in [0.25, 0.3) is 11.0 Å². The molecule has 190 valence electrons. The third-order valence-corrected chi connectivity index (χ3v) is 7.07. The second kappa shape index (κ2) is 8.82.